The zero-order valence-electron chi connectivity index (χ0n) is 24.1. The number of esters is 1. The molecule has 3 aliphatic rings. The Bertz CT molecular complexity index is 1260. The molecule has 1 fully saturated rings. The van der Waals surface area contributed by atoms with Crippen LogP contribution in [0.4, 0.5) is 0 Å². The minimum atomic E-state index is -0.591. The van der Waals surface area contributed by atoms with Crippen LogP contribution in [-0.4, -0.2) is 77.3 Å². The Kier molecular flexibility index (Phi) is 9.55. The number of methoxy groups -OCH3 is 2. The first-order valence-corrected chi connectivity index (χ1v) is 14.4. The third-order valence-electron chi connectivity index (χ3n) is 8.16. The molecule has 2 aliphatic heterocycles. The minimum absolute atomic E-state index is 0.0872. The lowest BCUT2D eigenvalue weighted by molar-refractivity contribution is -0.141. The lowest BCUT2D eigenvalue weighted by Gasteiger charge is -2.39. The summed E-state index contributed by atoms with van der Waals surface area (Å²) in [5, 5.41) is 20.4. The Morgan fingerprint density at radius 2 is 1.60 bits per heavy atom. The number of nitrogens with two attached hydrogens (primary N) is 1. The Hall–Kier alpha value is -3.74. The number of cyclic esters (lactones) is 1. The number of hydrogen-bond acceptors (Lipinski definition) is 11. The quantitative estimate of drug-likeness (QED) is 0.162. The molecule has 12 heteroatoms. The standard InChI is InChI=1S/C30H40N4O8/c1-38-23-11-17(12-24(39-2)29(23)36)26-18-13-21-22(42-16-41-21)14-19(18)28(20-15-40-30(37)27(20)26)34-25(35)5-10-33-9-4-8-32-7-3-6-31/h11-14,20,26-28,32-33,36H,3-10,15-16,31H2,1-2H3,(H,34,35)/t20-,26+,27-,28+/m0/s1. The minimum Gasteiger partial charge on any atom is -0.502 e. The van der Waals surface area contributed by atoms with E-state index in [4.69, 9.17) is 29.4 Å². The Morgan fingerprint density at radius 1 is 0.952 bits per heavy atom. The summed E-state index contributed by atoms with van der Waals surface area (Å²) >= 11 is 0. The highest BCUT2D eigenvalue weighted by atomic mass is 16.7. The van der Waals surface area contributed by atoms with Crippen molar-refractivity contribution in [3.63, 3.8) is 0 Å². The molecule has 4 atom stereocenters. The summed E-state index contributed by atoms with van der Waals surface area (Å²) in [4.78, 5) is 26.4. The average Bonchev–Trinajstić information content (AvgIpc) is 3.62. The number of amides is 1. The number of ether oxygens (including phenoxy) is 5. The molecule has 2 aromatic rings. The van der Waals surface area contributed by atoms with Gasteiger partial charge in [-0.25, -0.2) is 0 Å². The van der Waals surface area contributed by atoms with E-state index in [1.807, 2.05) is 12.1 Å². The number of phenols is 1. The van der Waals surface area contributed by atoms with Crippen LogP contribution >= 0.6 is 0 Å². The maximum absolute atomic E-state index is 13.3. The molecule has 0 unspecified atom stereocenters. The third kappa shape index (κ3) is 6.06. The third-order valence-corrected chi connectivity index (χ3v) is 8.16. The van der Waals surface area contributed by atoms with Crippen LogP contribution in [0.3, 0.4) is 0 Å². The van der Waals surface area contributed by atoms with Gasteiger partial charge in [0.15, 0.2) is 23.0 Å². The number of carbonyl (C=O) groups excluding carboxylic acids is 2. The Morgan fingerprint density at radius 3 is 2.26 bits per heavy atom. The van der Waals surface area contributed by atoms with Gasteiger partial charge < -0.3 is 50.5 Å². The Labute approximate surface area is 245 Å². The van der Waals surface area contributed by atoms with Crippen molar-refractivity contribution in [1.29, 1.82) is 0 Å². The molecule has 0 bridgehead atoms. The molecule has 1 amide bonds. The molecule has 0 aromatic heterocycles. The lowest BCUT2D eigenvalue weighted by atomic mass is 9.65. The normalized spacial score (nSPS) is 21.8. The van der Waals surface area contributed by atoms with Crippen LogP contribution in [0.1, 0.15) is 47.9 Å². The van der Waals surface area contributed by atoms with Gasteiger partial charge in [-0.05, 0) is 80.0 Å². The van der Waals surface area contributed by atoms with Crippen LogP contribution in [0.5, 0.6) is 28.7 Å². The molecule has 228 valence electrons. The smallest absolute Gasteiger partial charge is 0.310 e. The second kappa shape index (κ2) is 13.5. The predicted octanol–water partition coefficient (Wildman–Crippen LogP) is 1.54. The second-order valence-electron chi connectivity index (χ2n) is 10.7. The second-order valence-corrected chi connectivity index (χ2v) is 10.7. The van der Waals surface area contributed by atoms with Gasteiger partial charge in [-0.3, -0.25) is 9.59 Å². The highest BCUT2D eigenvalue weighted by molar-refractivity contribution is 5.81. The molecular weight excluding hydrogens is 544 g/mol. The maximum atomic E-state index is 13.3. The number of carbonyl (C=O) groups is 2. The summed E-state index contributed by atoms with van der Waals surface area (Å²) in [6.07, 6.45) is 2.20. The summed E-state index contributed by atoms with van der Waals surface area (Å²) in [6.45, 7) is 4.07. The molecule has 42 heavy (non-hydrogen) atoms. The molecular formula is C30H40N4O8. The molecule has 1 aliphatic carbocycles. The van der Waals surface area contributed by atoms with Crippen LogP contribution in [0.25, 0.3) is 0 Å². The van der Waals surface area contributed by atoms with Gasteiger partial charge in [0.2, 0.25) is 18.4 Å². The maximum Gasteiger partial charge on any atom is 0.310 e. The zero-order valence-corrected chi connectivity index (χ0v) is 24.1. The average molecular weight is 585 g/mol. The van der Waals surface area contributed by atoms with Crippen molar-refractivity contribution in [1.82, 2.24) is 16.0 Å². The van der Waals surface area contributed by atoms with E-state index in [0.29, 0.717) is 36.6 Å². The summed E-state index contributed by atoms with van der Waals surface area (Å²) in [5.74, 6) is -0.380. The summed E-state index contributed by atoms with van der Waals surface area (Å²) in [6, 6.07) is 6.70. The van der Waals surface area contributed by atoms with E-state index in [1.165, 1.54) is 14.2 Å². The number of phenolic OH excluding ortho intramolecular Hbond substituents is 1. The first-order valence-electron chi connectivity index (χ1n) is 14.4. The first-order chi connectivity index (χ1) is 20.5. The van der Waals surface area contributed by atoms with E-state index in [1.54, 1.807) is 12.1 Å². The first kappa shape index (κ1) is 29.7. The number of nitrogens with one attached hydrogen (secondary N) is 3. The number of fused-ring (bicyclic) bond motifs is 3. The molecule has 0 saturated carbocycles. The van der Waals surface area contributed by atoms with Gasteiger partial charge in [-0.2, -0.15) is 0 Å². The highest BCUT2D eigenvalue weighted by Gasteiger charge is 2.53. The van der Waals surface area contributed by atoms with Crippen LogP contribution in [0.2, 0.25) is 0 Å². The van der Waals surface area contributed by atoms with Gasteiger partial charge in [0.05, 0.1) is 32.8 Å². The molecule has 0 radical (unpaired) electrons. The van der Waals surface area contributed by atoms with Gasteiger partial charge in [-0.1, -0.05) is 0 Å². The van der Waals surface area contributed by atoms with Crippen molar-refractivity contribution in [3.8, 4) is 28.7 Å². The predicted molar refractivity (Wildman–Crippen MR) is 153 cm³/mol. The largest absolute Gasteiger partial charge is 0.502 e. The van der Waals surface area contributed by atoms with E-state index < -0.39 is 17.9 Å². The fraction of sp³-hybridized carbons (Fsp3) is 0.533. The number of aromatic hydroxyl groups is 1. The highest BCUT2D eigenvalue weighted by Crippen LogP contribution is 2.55. The topological polar surface area (TPSA) is 163 Å². The van der Waals surface area contributed by atoms with Crippen LogP contribution < -0.4 is 40.6 Å². The molecule has 6 N–H and O–H groups in total. The number of benzene rings is 2. The van der Waals surface area contributed by atoms with Gasteiger partial charge >= 0.3 is 5.97 Å². The molecule has 2 aromatic carbocycles. The van der Waals surface area contributed by atoms with Gasteiger partial charge in [-0.15, -0.1) is 0 Å². The summed E-state index contributed by atoms with van der Waals surface area (Å²) < 4.78 is 27.8. The van der Waals surface area contributed by atoms with E-state index >= 15 is 0 Å². The fourth-order valence-electron chi connectivity index (χ4n) is 6.10. The van der Waals surface area contributed by atoms with Gasteiger partial charge in [0.25, 0.3) is 0 Å². The van der Waals surface area contributed by atoms with Crippen LogP contribution in [0, 0.1) is 11.8 Å². The molecule has 5 rings (SSSR count). The molecule has 1 saturated heterocycles. The van der Waals surface area contributed by atoms with Crippen molar-refractivity contribution in [2.24, 2.45) is 17.6 Å². The van der Waals surface area contributed by atoms with Crippen LogP contribution in [0.15, 0.2) is 24.3 Å². The van der Waals surface area contributed by atoms with Crippen molar-refractivity contribution >= 4 is 11.9 Å². The molecule has 2 heterocycles. The van der Waals surface area contributed by atoms with Crippen molar-refractivity contribution < 1.29 is 38.4 Å². The van der Waals surface area contributed by atoms with Crippen molar-refractivity contribution in [3.05, 3.63) is 41.0 Å². The lowest BCUT2D eigenvalue weighted by Crippen LogP contribution is -2.43. The zero-order chi connectivity index (χ0) is 29.6. The van der Waals surface area contributed by atoms with Crippen molar-refractivity contribution in [2.45, 2.75) is 31.2 Å². The molecule has 12 nitrogen and oxygen atoms in total. The fourth-order valence-corrected chi connectivity index (χ4v) is 6.10. The van der Waals surface area contributed by atoms with Gasteiger partial charge in [0.1, 0.15) is 0 Å². The Balaban J connectivity index is 1.38. The molecule has 0 spiro atoms. The number of rotatable bonds is 14. The van der Waals surface area contributed by atoms with E-state index in [2.05, 4.69) is 16.0 Å². The van der Waals surface area contributed by atoms with E-state index in [9.17, 15) is 14.7 Å². The van der Waals surface area contributed by atoms with Crippen molar-refractivity contribution in [2.75, 3.05) is 60.3 Å². The van der Waals surface area contributed by atoms with Crippen LogP contribution in [-0.2, 0) is 14.3 Å². The van der Waals surface area contributed by atoms with Gasteiger partial charge in [0, 0.05) is 24.8 Å². The summed E-state index contributed by atoms with van der Waals surface area (Å²) in [5.41, 5.74) is 7.85. The van der Waals surface area contributed by atoms with E-state index in [0.717, 1.165) is 43.6 Å². The monoisotopic (exact) mass is 584 g/mol. The SMILES string of the molecule is COc1cc([C@@H]2c3cc4c(cc3[C@@H](NC(=O)CCNCCCNCCCN)[C@H]3COC(=O)[C@H]23)OCO4)cc(OC)c1O. The summed E-state index contributed by atoms with van der Waals surface area (Å²) in [7, 11) is 2.91. The van der Waals surface area contributed by atoms with E-state index in [-0.39, 0.29) is 48.4 Å². The number of hydrogen-bond donors (Lipinski definition) is 5.